The van der Waals surface area contributed by atoms with Gasteiger partial charge in [0.25, 0.3) is 0 Å². The normalized spacial score (nSPS) is 10.5. The van der Waals surface area contributed by atoms with Gasteiger partial charge in [-0.1, -0.05) is 39.7 Å². The summed E-state index contributed by atoms with van der Waals surface area (Å²) in [5, 5.41) is 9.72. The standard InChI is InChI=1S/C14H11BrClFO2/c15-12-6-10(17)5-4-9(12)8-19-14-3-1-2-13(16)11(14)7-18/h1-6,18H,7-8H2. The second-order valence-corrected chi connectivity index (χ2v) is 5.16. The first-order chi connectivity index (χ1) is 9.11. The predicted molar refractivity (Wildman–Crippen MR) is 75.8 cm³/mol. The molecule has 0 bridgehead atoms. The number of hydrogen-bond donors (Lipinski definition) is 1. The van der Waals surface area contributed by atoms with Gasteiger partial charge in [0.2, 0.25) is 0 Å². The Morgan fingerprint density at radius 3 is 2.74 bits per heavy atom. The molecule has 0 aromatic heterocycles. The zero-order chi connectivity index (χ0) is 13.8. The lowest BCUT2D eigenvalue weighted by atomic mass is 10.2. The monoisotopic (exact) mass is 344 g/mol. The van der Waals surface area contributed by atoms with E-state index in [9.17, 15) is 9.50 Å². The van der Waals surface area contributed by atoms with E-state index in [4.69, 9.17) is 16.3 Å². The van der Waals surface area contributed by atoms with Crippen LogP contribution in [-0.2, 0) is 13.2 Å². The SMILES string of the molecule is OCc1c(Cl)cccc1OCc1ccc(F)cc1Br. The minimum absolute atomic E-state index is 0.195. The van der Waals surface area contributed by atoms with E-state index in [2.05, 4.69) is 15.9 Å². The van der Waals surface area contributed by atoms with Crippen molar-refractivity contribution in [1.82, 2.24) is 0 Å². The smallest absolute Gasteiger partial charge is 0.126 e. The van der Waals surface area contributed by atoms with Crippen LogP contribution in [0.5, 0.6) is 5.75 Å². The molecule has 0 aliphatic heterocycles. The zero-order valence-electron chi connectivity index (χ0n) is 9.87. The molecule has 0 unspecified atom stereocenters. The maximum absolute atomic E-state index is 13.0. The van der Waals surface area contributed by atoms with Gasteiger partial charge < -0.3 is 9.84 Å². The molecule has 100 valence electrons. The summed E-state index contributed by atoms with van der Waals surface area (Å²) in [4.78, 5) is 0. The van der Waals surface area contributed by atoms with Gasteiger partial charge in [-0.05, 0) is 24.3 Å². The molecule has 0 aliphatic rings. The van der Waals surface area contributed by atoms with E-state index in [0.29, 0.717) is 20.8 Å². The van der Waals surface area contributed by atoms with Crippen molar-refractivity contribution in [3.05, 3.63) is 62.8 Å². The summed E-state index contributed by atoms with van der Waals surface area (Å²) in [6.45, 7) is 0.0633. The lowest BCUT2D eigenvalue weighted by Gasteiger charge is -2.12. The highest BCUT2D eigenvalue weighted by atomic mass is 79.9. The number of ether oxygens (including phenoxy) is 1. The third kappa shape index (κ3) is 3.47. The summed E-state index contributed by atoms with van der Waals surface area (Å²) >= 11 is 9.24. The molecule has 2 aromatic carbocycles. The van der Waals surface area contributed by atoms with Gasteiger partial charge in [-0.2, -0.15) is 0 Å². The fourth-order valence-corrected chi connectivity index (χ4v) is 2.31. The van der Waals surface area contributed by atoms with Crippen molar-refractivity contribution in [1.29, 1.82) is 0 Å². The molecule has 2 rings (SSSR count). The van der Waals surface area contributed by atoms with Gasteiger partial charge in [0.1, 0.15) is 18.2 Å². The highest BCUT2D eigenvalue weighted by Gasteiger charge is 2.08. The third-order valence-corrected chi connectivity index (χ3v) is 3.72. The largest absolute Gasteiger partial charge is 0.488 e. The Morgan fingerprint density at radius 1 is 1.26 bits per heavy atom. The summed E-state index contributed by atoms with van der Waals surface area (Å²) in [5.74, 6) is 0.209. The summed E-state index contributed by atoms with van der Waals surface area (Å²) in [6, 6.07) is 9.56. The molecular weight excluding hydrogens is 335 g/mol. The number of aliphatic hydroxyl groups excluding tert-OH is 1. The molecule has 0 aliphatic carbocycles. The maximum atomic E-state index is 13.0. The zero-order valence-corrected chi connectivity index (χ0v) is 12.2. The van der Waals surface area contributed by atoms with Gasteiger partial charge >= 0.3 is 0 Å². The van der Waals surface area contributed by atoms with Crippen LogP contribution in [0.25, 0.3) is 0 Å². The van der Waals surface area contributed by atoms with E-state index in [0.717, 1.165) is 5.56 Å². The van der Waals surface area contributed by atoms with E-state index in [1.165, 1.54) is 12.1 Å². The first-order valence-electron chi connectivity index (χ1n) is 5.57. The van der Waals surface area contributed by atoms with Crippen molar-refractivity contribution in [2.75, 3.05) is 0 Å². The average molecular weight is 346 g/mol. The highest BCUT2D eigenvalue weighted by Crippen LogP contribution is 2.28. The van der Waals surface area contributed by atoms with E-state index in [1.54, 1.807) is 24.3 Å². The van der Waals surface area contributed by atoms with E-state index in [-0.39, 0.29) is 19.0 Å². The number of halogens is 3. The van der Waals surface area contributed by atoms with Gasteiger partial charge in [0.15, 0.2) is 0 Å². The molecule has 2 nitrogen and oxygen atoms in total. The van der Waals surface area contributed by atoms with Crippen LogP contribution in [0, 0.1) is 5.82 Å². The average Bonchev–Trinajstić information content (AvgIpc) is 2.38. The van der Waals surface area contributed by atoms with Gasteiger partial charge in [0, 0.05) is 20.6 Å². The topological polar surface area (TPSA) is 29.5 Å². The molecule has 0 fully saturated rings. The van der Waals surface area contributed by atoms with Crippen LogP contribution in [0.15, 0.2) is 40.9 Å². The Morgan fingerprint density at radius 2 is 2.05 bits per heavy atom. The summed E-state index contributed by atoms with van der Waals surface area (Å²) in [7, 11) is 0. The van der Waals surface area contributed by atoms with E-state index in [1.807, 2.05) is 0 Å². The predicted octanol–water partition coefficient (Wildman–Crippen LogP) is 4.31. The molecule has 19 heavy (non-hydrogen) atoms. The lowest BCUT2D eigenvalue weighted by Crippen LogP contribution is -2.00. The minimum Gasteiger partial charge on any atom is -0.488 e. The molecule has 0 saturated carbocycles. The van der Waals surface area contributed by atoms with Crippen LogP contribution in [0.2, 0.25) is 5.02 Å². The van der Waals surface area contributed by atoms with E-state index < -0.39 is 0 Å². The molecule has 2 aromatic rings. The molecule has 0 atom stereocenters. The number of rotatable bonds is 4. The van der Waals surface area contributed by atoms with Crippen LogP contribution in [0.4, 0.5) is 4.39 Å². The molecule has 0 amide bonds. The summed E-state index contributed by atoms with van der Waals surface area (Å²) in [6.07, 6.45) is 0. The van der Waals surface area contributed by atoms with Crippen molar-refractivity contribution in [2.45, 2.75) is 13.2 Å². The van der Waals surface area contributed by atoms with Crippen molar-refractivity contribution in [3.8, 4) is 5.75 Å². The quantitative estimate of drug-likeness (QED) is 0.894. The van der Waals surface area contributed by atoms with E-state index >= 15 is 0 Å². The van der Waals surface area contributed by atoms with Crippen molar-refractivity contribution in [2.24, 2.45) is 0 Å². The molecule has 5 heteroatoms. The molecular formula is C14H11BrClFO2. The van der Waals surface area contributed by atoms with Crippen LogP contribution < -0.4 is 4.74 Å². The molecule has 0 spiro atoms. The summed E-state index contributed by atoms with van der Waals surface area (Å²) < 4.78 is 19.2. The van der Waals surface area contributed by atoms with Crippen molar-refractivity contribution in [3.63, 3.8) is 0 Å². The molecule has 0 radical (unpaired) electrons. The third-order valence-electron chi connectivity index (χ3n) is 2.63. The van der Waals surface area contributed by atoms with Gasteiger partial charge in [-0.15, -0.1) is 0 Å². The van der Waals surface area contributed by atoms with Crippen LogP contribution >= 0.6 is 27.5 Å². The maximum Gasteiger partial charge on any atom is 0.126 e. The van der Waals surface area contributed by atoms with Gasteiger partial charge in [-0.25, -0.2) is 4.39 Å². The van der Waals surface area contributed by atoms with Crippen LogP contribution in [-0.4, -0.2) is 5.11 Å². The van der Waals surface area contributed by atoms with Gasteiger partial charge in [-0.3, -0.25) is 0 Å². The molecule has 0 heterocycles. The van der Waals surface area contributed by atoms with Crippen molar-refractivity contribution >= 4 is 27.5 Å². The van der Waals surface area contributed by atoms with Gasteiger partial charge in [0.05, 0.1) is 6.61 Å². The lowest BCUT2D eigenvalue weighted by molar-refractivity contribution is 0.259. The Bertz CT molecular complexity index is 590. The number of benzene rings is 2. The first-order valence-corrected chi connectivity index (χ1v) is 6.74. The Kier molecular flexibility index (Phi) is 4.80. The second-order valence-electron chi connectivity index (χ2n) is 3.90. The number of hydrogen-bond acceptors (Lipinski definition) is 2. The fraction of sp³-hybridized carbons (Fsp3) is 0.143. The molecule has 1 N–H and O–H groups in total. The Labute approximate surface area is 123 Å². The minimum atomic E-state index is -0.311. The summed E-state index contributed by atoms with van der Waals surface area (Å²) in [5.41, 5.74) is 1.35. The van der Waals surface area contributed by atoms with Crippen LogP contribution in [0.3, 0.4) is 0 Å². The van der Waals surface area contributed by atoms with Crippen LogP contribution in [0.1, 0.15) is 11.1 Å². The first kappa shape index (κ1) is 14.3. The molecule has 0 saturated heterocycles. The Balaban J connectivity index is 2.17. The van der Waals surface area contributed by atoms with Crippen molar-refractivity contribution < 1.29 is 14.2 Å². The number of aliphatic hydroxyl groups is 1. The Hall–Kier alpha value is -1.10. The second kappa shape index (κ2) is 6.37. The fourth-order valence-electron chi connectivity index (χ4n) is 1.62. The highest BCUT2D eigenvalue weighted by molar-refractivity contribution is 9.10.